The molecule has 0 amide bonds. The molecule has 0 spiro atoms. The molecule has 104 valence electrons. The lowest BCUT2D eigenvalue weighted by Gasteiger charge is -2.38. The minimum absolute atomic E-state index is 0.00845. The molecule has 2 bridgehead atoms. The third-order valence-electron chi connectivity index (χ3n) is 5.22. The standard InChI is InChI=1S/C18H21NO/c19-13-16-10-15-11-18(16,12-15)17(20)9-5-4-8-14-6-2-1-3-7-14/h1-3,6-7,15-16H,4-5,8-12H2. The van der Waals surface area contributed by atoms with E-state index in [4.69, 9.17) is 0 Å². The zero-order valence-corrected chi connectivity index (χ0v) is 11.8. The van der Waals surface area contributed by atoms with Crippen LogP contribution in [0.1, 0.15) is 44.1 Å². The summed E-state index contributed by atoms with van der Waals surface area (Å²) >= 11 is 0. The van der Waals surface area contributed by atoms with Crippen molar-refractivity contribution in [3.8, 4) is 6.07 Å². The van der Waals surface area contributed by atoms with Crippen molar-refractivity contribution in [2.45, 2.75) is 44.9 Å². The predicted molar refractivity (Wildman–Crippen MR) is 77.9 cm³/mol. The van der Waals surface area contributed by atoms with Crippen LogP contribution < -0.4 is 0 Å². The van der Waals surface area contributed by atoms with Crippen molar-refractivity contribution in [1.29, 1.82) is 5.26 Å². The van der Waals surface area contributed by atoms with Gasteiger partial charge in [0.25, 0.3) is 0 Å². The first-order valence-electron chi connectivity index (χ1n) is 7.71. The minimum atomic E-state index is -0.230. The average Bonchev–Trinajstić information content (AvgIpc) is 2.99. The van der Waals surface area contributed by atoms with Crippen LogP contribution in [0, 0.1) is 28.6 Å². The second kappa shape index (κ2) is 5.40. The number of nitrogens with zero attached hydrogens (tertiary/aromatic N) is 1. The van der Waals surface area contributed by atoms with Crippen LogP contribution in [0.5, 0.6) is 0 Å². The Labute approximate surface area is 120 Å². The molecule has 3 aliphatic carbocycles. The van der Waals surface area contributed by atoms with Crippen LogP contribution in [0.4, 0.5) is 0 Å². The number of benzene rings is 1. The summed E-state index contributed by atoms with van der Waals surface area (Å²) in [6, 6.07) is 12.8. The molecule has 0 aliphatic heterocycles. The lowest BCUT2D eigenvalue weighted by molar-refractivity contribution is -0.134. The van der Waals surface area contributed by atoms with E-state index in [1.165, 1.54) is 5.56 Å². The molecule has 4 rings (SSSR count). The number of carbonyl (C=O) groups excluding carboxylic acids is 1. The van der Waals surface area contributed by atoms with Crippen LogP contribution in [0.2, 0.25) is 0 Å². The number of Topliss-reactive ketones (excluding diaryl/α,β-unsaturated/α-hetero) is 1. The Morgan fingerprint density at radius 3 is 2.70 bits per heavy atom. The van der Waals surface area contributed by atoms with Gasteiger partial charge in [0.05, 0.1) is 12.0 Å². The Morgan fingerprint density at radius 2 is 2.00 bits per heavy atom. The third kappa shape index (κ3) is 2.26. The molecular weight excluding hydrogens is 246 g/mol. The lowest BCUT2D eigenvalue weighted by Crippen LogP contribution is -2.39. The highest BCUT2D eigenvalue weighted by Crippen LogP contribution is 2.62. The van der Waals surface area contributed by atoms with Gasteiger partial charge in [0, 0.05) is 11.8 Å². The maximum absolute atomic E-state index is 12.4. The number of rotatable bonds is 6. The number of unbranched alkanes of at least 4 members (excludes halogenated alkanes) is 1. The van der Waals surface area contributed by atoms with Gasteiger partial charge >= 0.3 is 0 Å². The molecule has 1 aromatic rings. The van der Waals surface area contributed by atoms with Crippen LogP contribution in [0.3, 0.4) is 0 Å². The average molecular weight is 267 g/mol. The topological polar surface area (TPSA) is 40.9 Å². The molecule has 20 heavy (non-hydrogen) atoms. The molecule has 1 atom stereocenters. The molecule has 2 heteroatoms. The van der Waals surface area contributed by atoms with E-state index in [0.717, 1.165) is 38.5 Å². The fourth-order valence-corrected chi connectivity index (χ4v) is 4.09. The maximum Gasteiger partial charge on any atom is 0.140 e. The normalized spacial score (nSPS) is 30.6. The van der Waals surface area contributed by atoms with Gasteiger partial charge < -0.3 is 0 Å². The van der Waals surface area contributed by atoms with Crippen molar-refractivity contribution in [1.82, 2.24) is 0 Å². The van der Waals surface area contributed by atoms with E-state index in [0.29, 0.717) is 18.1 Å². The number of carbonyl (C=O) groups is 1. The van der Waals surface area contributed by atoms with Gasteiger partial charge in [-0.25, -0.2) is 0 Å². The first-order chi connectivity index (χ1) is 9.74. The molecule has 1 unspecified atom stereocenters. The van der Waals surface area contributed by atoms with Crippen LogP contribution in [0.25, 0.3) is 0 Å². The Balaban J connectivity index is 1.45. The summed E-state index contributed by atoms with van der Waals surface area (Å²) in [7, 11) is 0. The van der Waals surface area contributed by atoms with Crippen LogP contribution in [-0.4, -0.2) is 5.78 Å². The second-order valence-corrected chi connectivity index (χ2v) is 6.46. The number of nitriles is 1. The fraction of sp³-hybridized carbons (Fsp3) is 0.556. The predicted octanol–water partition coefficient (Wildman–Crippen LogP) is 3.91. The molecule has 0 saturated heterocycles. The first-order valence-corrected chi connectivity index (χ1v) is 7.71. The largest absolute Gasteiger partial charge is 0.299 e. The molecular formula is C18H21NO. The van der Waals surface area contributed by atoms with Gasteiger partial charge in [-0.05, 0) is 50.0 Å². The highest BCUT2D eigenvalue weighted by atomic mass is 16.1. The first kappa shape index (κ1) is 13.4. The van der Waals surface area contributed by atoms with Gasteiger partial charge in [-0.15, -0.1) is 0 Å². The number of fused-ring (bicyclic) bond motifs is 1. The third-order valence-corrected chi connectivity index (χ3v) is 5.22. The summed E-state index contributed by atoms with van der Waals surface area (Å²) in [5.74, 6) is 1.04. The van der Waals surface area contributed by atoms with Gasteiger partial charge in [-0.2, -0.15) is 5.26 Å². The van der Waals surface area contributed by atoms with Gasteiger partial charge in [0.2, 0.25) is 0 Å². The summed E-state index contributed by atoms with van der Waals surface area (Å²) in [6.07, 6.45) is 6.67. The molecule has 2 nitrogen and oxygen atoms in total. The number of aryl methyl sites for hydroxylation is 1. The SMILES string of the molecule is N#CC1CC2CC1(C(=O)CCCCc1ccccc1)C2. The van der Waals surface area contributed by atoms with E-state index in [-0.39, 0.29) is 11.3 Å². The molecule has 1 aromatic carbocycles. The van der Waals surface area contributed by atoms with Crippen LogP contribution in [0.15, 0.2) is 30.3 Å². The number of ketones is 1. The number of hydrogen-bond acceptors (Lipinski definition) is 2. The molecule has 0 radical (unpaired) electrons. The smallest absolute Gasteiger partial charge is 0.140 e. The Kier molecular flexibility index (Phi) is 3.61. The van der Waals surface area contributed by atoms with E-state index in [9.17, 15) is 10.1 Å². The van der Waals surface area contributed by atoms with Crippen LogP contribution >= 0.6 is 0 Å². The molecule has 3 saturated carbocycles. The summed E-state index contributed by atoms with van der Waals surface area (Å²) in [4.78, 5) is 12.4. The van der Waals surface area contributed by atoms with Crippen molar-refractivity contribution in [2.24, 2.45) is 17.3 Å². The van der Waals surface area contributed by atoms with Gasteiger partial charge in [-0.1, -0.05) is 30.3 Å². The van der Waals surface area contributed by atoms with Crippen molar-refractivity contribution < 1.29 is 4.79 Å². The van der Waals surface area contributed by atoms with Gasteiger partial charge in [0.1, 0.15) is 5.78 Å². The Bertz CT molecular complexity index is 522. The highest BCUT2D eigenvalue weighted by molar-refractivity contribution is 5.87. The van der Waals surface area contributed by atoms with Gasteiger partial charge in [-0.3, -0.25) is 4.79 Å². The lowest BCUT2D eigenvalue weighted by atomic mass is 9.63. The van der Waals surface area contributed by atoms with E-state index in [2.05, 4.69) is 30.3 Å². The quantitative estimate of drug-likeness (QED) is 0.733. The van der Waals surface area contributed by atoms with Gasteiger partial charge in [0.15, 0.2) is 0 Å². The zero-order valence-electron chi connectivity index (χ0n) is 11.8. The molecule has 0 heterocycles. The molecule has 3 fully saturated rings. The highest BCUT2D eigenvalue weighted by Gasteiger charge is 2.61. The minimum Gasteiger partial charge on any atom is -0.299 e. The maximum atomic E-state index is 12.4. The summed E-state index contributed by atoms with van der Waals surface area (Å²) < 4.78 is 0. The Morgan fingerprint density at radius 1 is 1.25 bits per heavy atom. The molecule has 3 aliphatic rings. The van der Waals surface area contributed by atoms with E-state index >= 15 is 0 Å². The monoisotopic (exact) mass is 267 g/mol. The summed E-state index contributed by atoms with van der Waals surface area (Å²) in [5, 5.41) is 9.20. The fourth-order valence-electron chi connectivity index (χ4n) is 4.09. The number of hydrogen-bond donors (Lipinski definition) is 0. The van der Waals surface area contributed by atoms with Crippen molar-refractivity contribution in [3.63, 3.8) is 0 Å². The second-order valence-electron chi connectivity index (χ2n) is 6.46. The zero-order chi connectivity index (χ0) is 14.0. The molecule has 0 N–H and O–H groups in total. The van der Waals surface area contributed by atoms with E-state index < -0.39 is 0 Å². The van der Waals surface area contributed by atoms with Crippen molar-refractivity contribution >= 4 is 5.78 Å². The van der Waals surface area contributed by atoms with Crippen molar-refractivity contribution in [2.75, 3.05) is 0 Å². The van der Waals surface area contributed by atoms with Crippen LogP contribution in [-0.2, 0) is 11.2 Å². The molecule has 0 aromatic heterocycles. The van der Waals surface area contributed by atoms with E-state index in [1.807, 2.05) is 6.07 Å². The summed E-state index contributed by atoms with van der Waals surface area (Å²) in [6.45, 7) is 0. The van der Waals surface area contributed by atoms with E-state index in [1.54, 1.807) is 0 Å². The van der Waals surface area contributed by atoms with Crippen molar-refractivity contribution in [3.05, 3.63) is 35.9 Å². The summed E-state index contributed by atoms with van der Waals surface area (Å²) in [5.41, 5.74) is 1.11. The Hall–Kier alpha value is -1.62.